The van der Waals surface area contributed by atoms with Gasteiger partial charge in [0.2, 0.25) is 0 Å². The van der Waals surface area contributed by atoms with Gasteiger partial charge in [-0.3, -0.25) is 4.98 Å². The van der Waals surface area contributed by atoms with Gasteiger partial charge in [0.1, 0.15) is 11.6 Å². The Morgan fingerprint density at radius 3 is 2.50 bits per heavy atom. The highest BCUT2D eigenvalue weighted by Gasteiger charge is 2.19. The van der Waals surface area contributed by atoms with Gasteiger partial charge in [-0.2, -0.15) is 14.7 Å². The normalized spacial score (nSPS) is 14.0. The van der Waals surface area contributed by atoms with Crippen molar-refractivity contribution in [2.24, 2.45) is 0 Å². The first kappa shape index (κ1) is 20.4. The average Bonchev–Trinajstić information content (AvgIpc) is 3.57. The number of pyridine rings is 1. The SMILES string of the molecule is COc1cccc(-c2ccn(-c3cc(N4CCCCC4)n4nc(-c5ccncc5)cc4n3)n2)c1. The molecule has 0 saturated carbocycles. The van der Waals surface area contributed by atoms with Crippen LogP contribution in [-0.4, -0.2) is 49.6 Å². The van der Waals surface area contributed by atoms with E-state index in [1.165, 1.54) is 19.3 Å². The molecule has 0 radical (unpaired) electrons. The molecule has 8 nitrogen and oxygen atoms in total. The summed E-state index contributed by atoms with van der Waals surface area (Å²) in [6, 6.07) is 18.0. The Labute approximate surface area is 197 Å². The molecule has 4 aromatic heterocycles. The van der Waals surface area contributed by atoms with Crippen molar-refractivity contribution < 1.29 is 4.74 Å². The minimum atomic E-state index is 0.767. The van der Waals surface area contributed by atoms with Gasteiger partial charge < -0.3 is 9.64 Å². The van der Waals surface area contributed by atoms with E-state index in [4.69, 9.17) is 19.9 Å². The van der Waals surface area contributed by atoms with E-state index in [-0.39, 0.29) is 0 Å². The van der Waals surface area contributed by atoms with Gasteiger partial charge in [-0.1, -0.05) is 12.1 Å². The van der Waals surface area contributed by atoms with Crippen LogP contribution in [-0.2, 0) is 0 Å². The van der Waals surface area contributed by atoms with E-state index in [9.17, 15) is 0 Å². The zero-order valence-corrected chi connectivity index (χ0v) is 19.0. The number of benzene rings is 1. The van der Waals surface area contributed by atoms with Gasteiger partial charge in [0.15, 0.2) is 11.5 Å². The van der Waals surface area contributed by atoms with E-state index < -0.39 is 0 Å². The molecule has 34 heavy (non-hydrogen) atoms. The number of hydrogen-bond donors (Lipinski definition) is 0. The fourth-order valence-electron chi connectivity index (χ4n) is 4.46. The summed E-state index contributed by atoms with van der Waals surface area (Å²) in [6.07, 6.45) is 9.15. The van der Waals surface area contributed by atoms with E-state index in [1.54, 1.807) is 19.5 Å². The molecule has 1 saturated heterocycles. The number of piperidine rings is 1. The van der Waals surface area contributed by atoms with Crippen LogP contribution in [0.2, 0.25) is 0 Å². The first-order valence-electron chi connectivity index (χ1n) is 11.6. The minimum absolute atomic E-state index is 0.767. The average molecular weight is 452 g/mol. The fourth-order valence-corrected chi connectivity index (χ4v) is 4.46. The summed E-state index contributed by atoms with van der Waals surface area (Å²) in [7, 11) is 1.67. The highest BCUT2D eigenvalue weighted by molar-refractivity contribution is 5.67. The lowest BCUT2D eigenvalue weighted by Crippen LogP contribution is -2.31. The summed E-state index contributed by atoms with van der Waals surface area (Å²) in [4.78, 5) is 11.5. The van der Waals surface area contributed by atoms with Gasteiger partial charge in [-0.15, -0.1) is 0 Å². The van der Waals surface area contributed by atoms with Crippen LogP contribution >= 0.6 is 0 Å². The van der Waals surface area contributed by atoms with Crippen LogP contribution in [0, 0.1) is 0 Å². The molecule has 0 aliphatic carbocycles. The molecule has 1 aliphatic rings. The molecule has 8 heteroatoms. The molecular formula is C26H25N7O. The second-order valence-corrected chi connectivity index (χ2v) is 8.43. The molecular weight excluding hydrogens is 426 g/mol. The van der Waals surface area contributed by atoms with Crippen molar-refractivity contribution >= 4 is 11.5 Å². The summed E-state index contributed by atoms with van der Waals surface area (Å²) in [5.74, 6) is 2.61. The van der Waals surface area contributed by atoms with Crippen LogP contribution in [0.1, 0.15) is 19.3 Å². The van der Waals surface area contributed by atoms with Gasteiger partial charge in [-0.25, -0.2) is 9.67 Å². The van der Waals surface area contributed by atoms with Gasteiger partial charge in [0.25, 0.3) is 0 Å². The van der Waals surface area contributed by atoms with E-state index in [0.29, 0.717) is 0 Å². The Kier molecular flexibility index (Phi) is 5.18. The van der Waals surface area contributed by atoms with Crippen LogP contribution in [0.25, 0.3) is 34.0 Å². The zero-order valence-electron chi connectivity index (χ0n) is 19.0. The molecule has 0 unspecified atom stereocenters. The minimum Gasteiger partial charge on any atom is -0.497 e. The summed E-state index contributed by atoms with van der Waals surface area (Å²) < 4.78 is 9.16. The molecule has 0 N–H and O–H groups in total. The number of aromatic nitrogens is 6. The van der Waals surface area contributed by atoms with Gasteiger partial charge >= 0.3 is 0 Å². The topological polar surface area (TPSA) is 73.4 Å². The lowest BCUT2D eigenvalue weighted by atomic mass is 10.1. The molecule has 5 heterocycles. The van der Waals surface area contributed by atoms with E-state index in [0.717, 1.165) is 58.6 Å². The quantitative estimate of drug-likeness (QED) is 0.388. The standard InChI is InChI=1S/C26H25N7O/c1-34-21-7-5-6-20(16-21)22-10-15-32(29-22)24-18-26(31-13-3-2-4-14-31)33-25(28-24)17-23(30-33)19-8-11-27-12-9-19/h5-12,15-18H,2-4,13-14H2,1H3. The van der Waals surface area contributed by atoms with Crippen LogP contribution < -0.4 is 9.64 Å². The maximum atomic E-state index is 5.37. The second kappa shape index (κ2) is 8.62. The van der Waals surface area contributed by atoms with Gasteiger partial charge in [-0.05, 0) is 49.6 Å². The van der Waals surface area contributed by atoms with Gasteiger partial charge in [0, 0.05) is 54.9 Å². The highest BCUT2D eigenvalue weighted by Crippen LogP contribution is 2.28. The van der Waals surface area contributed by atoms with Crippen molar-refractivity contribution in [3.05, 3.63) is 73.2 Å². The molecule has 0 amide bonds. The number of hydrogen-bond acceptors (Lipinski definition) is 6. The Hall–Kier alpha value is -4.20. The first-order chi connectivity index (χ1) is 16.8. The summed E-state index contributed by atoms with van der Waals surface area (Å²) in [5.41, 5.74) is 4.56. The molecule has 6 rings (SSSR count). The summed E-state index contributed by atoms with van der Waals surface area (Å²) in [5, 5.41) is 9.73. The first-order valence-corrected chi connectivity index (χ1v) is 11.6. The Morgan fingerprint density at radius 1 is 0.824 bits per heavy atom. The number of nitrogens with zero attached hydrogens (tertiary/aromatic N) is 7. The predicted molar refractivity (Wildman–Crippen MR) is 131 cm³/mol. The molecule has 1 fully saturated rings. The number of fused-ring (bicyclic) bond motifs is 1. The molecule has 0 bridgehead atoms. The van der Waals surface area contributed by atoms with Crippen molar-refractivity contribution in [2.45, 2.75) is 19.3 Å². The van der Waals surface area contributed by atoms with Crippen LogP contribution in [0.4, 0.5) is 5.82 Å². The highest BCUT2D eigenvalue weighted by atomic mass is 16.5. The van der Waals surface area contributed by atoms with E-state index >= 15 is 0 Å². The lowest BCUT2D eigenvalue weighted by molar-refractivity contribution is 0.415. The summed E-state index contributed by atoms with van der Waals surface area (Å²) >= 11 is 0. The Bertz CT molecular complexity index is 1430. The Morgan fingerprint density at radius 2 is 1.68 bits per heavy atom. The summed E-state index contributed by atoms with van der Waals surface area (Å²) in [6.45, 7) is 2.02. The van der Waals surface area contributed by atoms with Crippen LogP contribution in [0.5, 0.6) is 5.75 Å². The molecule has 5 aromatic rings. The van der Waals surface area contributed by atoms with E-state index in [1.807, 2.05) is 63.9 Å². The number of ether oxygens (including phenoxy) is 1. The van der Waals surface area contributed by atoms with Gasteiger partial charge in [0.05, 0.1) is 18.5 Å². The molecule has 1 aliphatic heterocycles. The van der Waals surface area contributed by atoms with Crippen LogP contribution in [0.3, 0.4) is 0 Å². The molecule has 1 aromatic carbocycles. The monoisotopic (exact) mass is 451 g/mol. The third-order valence-corrected chi connectivity index (χ3v) is 6.24. The maximum absolute atomic E-state index is 5.37. The van der Waals surface area contributed by atoms with Crippen LogP contribution in [0.15, 0.2) is 73.2 Å². The van der Waals surface area contributed by atoms with Crippen molar-refractivity contribution in [1.82, 2.24) is 29.4 Å². The van der Waals surface area contributed by atoms with E-state index in [2.05, 4.69) is 16.0 Å². The number of methoxy groups -OCH3 is 1. The smallest absolute Gasteiger partial charge is 0.160 e. The van der Waals surface area contributed by atoms with Crippen molar-refractivity contribution in [2.75, 3.05) is 25.1 Å². The fraction of sp³-hybridized carbons (Fsp3) is 0.231. The van der Waals surface area contributed by atoms with Crippen molar-refractivity contribution in [3.8, 4) is 34.1 Å². The largest absolute Gasteiger partial charge is 0.497 e. The maximum Gasteiger partial charge on any atom is 0.160 e. The second-order valence-electron chi connectivity index (χ2n) is 8.43. The molecule has 170 valence electrons. The molecule has 0 atom stereocenters. The third-order valence-electron chi connectivity index (χ3n) is 6.24. The van der Waals surface area contributed by atoms with Crippen molar-refractivity contribution in [1.29, 1.82) is 0 Å². The zero-order chi connectivity index (χ0) is 22.9. The number of anilines is 1. The predicted octanol–water partition coefficient (Wildman–Crippen LogP) is 4.64. The Balaban J connectivity index is 1.45. The molecule has 0 spiro atoms. The third kappa shape index (κ3) is 3.77. The van der Waals surface area contributed by atoms with Crippen molar-refractivity contribution in [3.63, 3.8) is 0 Å². The number of rotatable bonds is 5. The lowest BCUT2D eigenvalue weighted by Gasteiger charge is -2.29.